The predicted octanol–water partition coefficient (Wildman–Crippen LogP) is 3.77. The van der Waals surface area contributed by atoms with E-state index in [0.29, 0.717) is 0 Å². The highest BCUT2D eigenvalue weighted by Crippen LogP contribution is 2.91. The zero-order valence-corrected chi connectivity index (χ0v) is 13.2. The highest BCUT2D eigenvalue weighted by Gasteiger charge is 2.86. The molecule has 12 rings (SSSR count). The number of rotatable bonds is 1. The number of fused-ring (bicyclic) bond motifs is 1. The quantitative estimate of drug-likeness (QED) is 0.689. The summed E-state index contributed by atoms with van der Waals surface area (Å²) in [6.07, 6.45) is 6.89. The van der Waals surface area contributed by atoms with Crippen molar-refractivity contribution in [2.45, 2.75) is 25.7 Å². The third-order valence-electron chi connectivity index (χ3n) is 13.2. The molecule has 114 valence electrons. The summed E-state index contributed by atoms with van der Waals surface area (Å²) in [5, 5.41) is 0. The van der Waals surface area contributed by atoms with Gasteiger partial charge in [0.2, 0.25) is 0 Å². The summed E-state index contributed by atoms with van der Waals surface area (Å²) in [5.41, 5.74) is 0. The van der Waals surface area contributed by atoms with Crippen molar-refractivity contribution in [2.75, 3.05) is 0 Å². The van der Waals surface area contributed by atoms with Crippen molar-refractivity contribution in [3.05, 3.63) is 0 Å². The molecular weight excluding hydrogens is 264 g/mol. The van der Waals surface area contributed by atoms with Crippen molar-refractivity contribution in [2.24, 2.45) is 107 Å². The van der Waals surface area contributed by atoms with Gasteiger partial charge in [-0.05, 0) is 132 Å². The molecule has 0 aromatic rings. The number of hydrogen-bond donors (Lipinski definition) is 0. The molecule has 0 radical (unpaired) electrons. The standard InChI is InChI=1S/C22H26/c1-5-6-2-10-13(5)17-9(1)14(6)18(10)21(17)22-19-11-3-7-8-4-12(15(7)19)20(22)16(8)11/h5-22H,1-4H2. The van der Waals surface area contributed by atoms with Gasteiger partial charge in [0.25, 0.3) is 0 Å². The van der Waals surface area contributed by atoms with Crippen LogP contribution in [0.2, 0.25) is 0 Å². The summed E-state index contributed by atoms with van der Waals surface area (Å²) >= 11 is 0. The van der Waals surface area contributed by atoms with Gasteiger partial charge in [-0.2, -0.15) is 0 Å². The molecule has 12 aliphatic rings. The molecular formula is C22H26. The monoisotopic (exact) mass is 290 g/mol. The second-order valence-corrected chi connectivity index (χ2v) is 12.0. The van der Waals surface area contributed by atoms with Crippen molar-refractivity contribution in [1.29, 1.82) is 0 Å². The molecule has 12 aliphatic carbocycles. The Morgan fingerprint density at radius 1 is 0.227 bits per heavy atom. The molecule has 0 nitrogen and oxygen atoms in total. The van der Waals surface area contributed by atoms with Gasteiger partial charge in [0.05, 0.1) is 0 Å². The van der Waals surface area contributed by atoms with Crippen LogP contribution in [0.1, 0.15) is 25.7 Å². The van der Waals surface area contributed by atoms with E-state index >= 15 is 0 Å². The van der Waals surface area contributed by atoms with Crippen LogP contribution in [-0.4, -0.2) is 0 Å². The Labute approximate surface area is 132 Å². The van der Waals surface area contributed by atoms with Crippen LogP contribution < -0.4 is 0 Å². The average Bonchev–Trinajstić information content (AvgIpc) is 3.23. The van der Waals surface area contributed by atoms with Crippen LogP contribution in [0.5, 0.6) is 0 Å². The maximum atomic E-state index is 1.72. The average molecular weight is 290 g/mol. The van der Waals surface area contributed by atoms with Gasteiger partial charge in [0.1, 0.15) is 0 Å². The van der Waals surface area contributed by atoms with Crippen LogP contribution in [0.15, 0.2) is 0 Å². The van der Waals surface area contributed by atoms with Crippen LogP contribution in [0.4, 0.5) is 0 Å². The van der Waals surface area contributed by atoms with Gasteiger partial charge >= 0.3 is 0 Å². The third-order valence-corrected chi connectivity index (χ3v) is 13.2. The molecule has 0 aromatic heterocycles. The van der Waals surface area contributed by atoms with Gasteiger partial charge in [0, 0.05) is 0 Å². The van der Waals surface area contributed by atoms with Crippen LogP contribution in [0, 0.1) is 107 Å². The molecule has 16 unspecified atom stereocenters. The number of hydrogen-bond acceptors (Lipinski definition) is 0. The molecule has 12 fully saturated rings. The molecule has 12 saturated carbocycles. The van der Waals surface area contributed by atoms with Gasteiger partial charge in [-0.25, -0.2) is 0 Å². The Bertz CT molecular complexity index is 566. The minimum Gasteiger partial charge on any atom is -0.0465 e. The molecule has 0 spiro atoms. The molecule has 16 atom stereocenters. The summed E-state index contributed by atoms with van der Waals surface area (Å²) in [5.74, 6) is 23.1. The summed E-state index contributed by atoms with van der Waals surface area (Å²) < 4.78 is 0. The molecule has 0 amide bonds. The van der Waals surface area contributed by atoms with E-state index in [0.717, 1.165) is 0 Å². The largest absolute Gasteiger partial charge is 0.0465 e. The fraction of sp³-hybridized carbons (Fsp3) is 1.00. The Morgan fingerprint density at radius 3 is 0.773 bits per heavy atom. The van der Waals surface area contributed by atoms with E-state index in [2.05, 4.69) is 0 Å². The fourth-order valence-electron chi connectivity index (χ4n) is 14.4. The smallest absolute Gasteiger partial charge is 0.0312 e. The first kappa shape index (κ1) is 10.1. The van der Waals surface area contributed by atoms with E-state index in [-0.39, 0.29) is 0 Å². The van der Waals surface area contributed by atoms with Gasteiger partial charge in [0.15, 0.2) is 0 Å². The van der Waals surface area contributed by atoms with Crippen LogP contribution in [0.25, 0.3) is 0 Å². The first-order valence-corrected chi connectivity index (χ1v) is 10.9. The second-order valence-electron chi connectivity index (χ2n) is 12.0. The Hall–Kier alpha value is 0. The molecule has 12 bridgehead atoms. The lowest BCUT2D eigenvalue weighted by atomic mass is 9.71. The zero-order chi connectivity index (χ0) is 13.2. The van der Waals surface area contributed by atoms with Gasteiger partial charge in [-0.3, -0.25) is 0 Å². The van der Waals surface area contributed by atoms with Gasteiger partial charge < -0.3 is 0 Å². The van der Waals surface area contributed by atoms with Gasteiger partial charge in [-0.15, -0.1) is 0 Å². The summed E-state index contributed by atoms with van der Waals surface area (Å²) in [6.45, 7) is 0. The van der Waals surface area contributed by atoms with E-state index in [4.69, 9.17) is 0 Å². The van der Waals surface area contributed by atoms with Crippen molar-refractivity contribution in [3.63, 3.8) is 0 Å². The molecule has 0 aromatic carbocycles. The van der Waals surface area contributed by atoms with Crippen LogP contribution in [-0.2, 0) is 0 Å². The van der Waals surface area contributed by atoms with E-state index in [9.17, 15) is 0 Å². The van der Waals surface area contributed by atoms with Crippen molar-refractivity contribution < 1.29 is 0 Å². The highest BCUT2D eigenvalue weighted by atomic mass is 14.9. The molecule has 0 saturated heterocycles. The van der Waals surface area contributed by atoms with Crippen LogP contribution >= 0.6 is 0 Å². The maximum Gasteiger partial charge on any atom is -0.0312 e. The van der Waals surface area contributed by atoms with Crippen molar-refractivity contribution in [3.8, 4) is 0 Å². The molecule has 0 N–H and O–H groups in total. The van der Waals surface area contributed by atoms with E-state index in [1.165, 1.54) is 107 Å². The van der Waals surface area contributed by atoms with Crippen LogP contribution in [0.3, 0.4) is 0 Å². The highest BCUT2D eigenvalue weighted by molar-refractivity contribution is 5.33. The second kappa shape index (κ2) is 2.50. The Balaban J connectivity index is 1.21. The lowest BCUT2D eigenvalue weighted by molar-refractivity contribution is 0.132. The first-order valence-electron chi connectivity index (χ1n) is 10.9. The lowest BCUT2D eigenvalue weighted by Gasteiger charge is -2.33. The minimum absolute atomic E-state index is 1.27. The lowest BCUT2D eigenvalue weighted by Crippen LogP contribution is -2.30. The Morgan fingerprint density at radius 2 is 0.500 bits per heavy atom. The molecule has 0 heterocycles. The predicted molar refractivity (Wildman–Crippen MR) is 81.3 cm³/mol. The molecule has 0 heteroatoms. The third kappa shape index (κ3) is 0.619. The van der Waals surface area contributed by atoms with Gasteiger partial charge in [-0.1, -0.05) is 0 Å². The van der Waals surface area contributed by atoms with Crippen molar-refractivity contribution >= 4 is 0 Å². The minimum atomic E-state index is 1.27. The van der Waals surface area contributed by atoms with Crippen molar-refractivity contribution in [1.82, 2.24) is 0 Å². The maximum absolute atomic E-state index is 1.72. The molecule has 22 heavy (non-hydrogen) atoms. The van der Waals surface area contributed by atoms with E-state index in [1.54, 1.807) is 25.7 Å². The fourth-order valence-corrected chi connectivity index (χ4v) is 14.4. The normalized spacial score (nSPS) is 92.7. The topological polar surface area (TPSA) is 0 Å². The van der Waals surface area contributed by atoms with E-state index in [1.807, 2.05) is 0 Å². The summed E-state index contributed by atoms with van der Waals surface area (Å²) in [7, 11) is 0. The zero-order valence-electron chi connectivity index (χ0n) is 13.2. The molecule has 0 aliphatic heterocycles. The first-order chi connectivity index (χ1) is 10.9. The van der Waals surface area contributed by atoms with E-state index < -0.39 is 0 Å². The Kier molecular flexibility index (Phi) is 1.15. The SMILES string of the molecule is C1C2C3CC4C2C2C1C3C4C2C1C2C3CC4C5CC(C42)C1C53. The summed E-state index contributed by atoms with van der Waals surface area (Å²) in [6, 6.07) is 0. The summed E-state index contributed by atoms with van der Waals surface area (Å²) in [4.78, 5) is 0.